The van der Waals surface area contributed by atoms with Gasteiger partial charge in [-0.15, -0.1) is 21.5 Å². The molecule has 2 aromatic carbocycles. The van der Waals surface area contributed by atoms with Crippen molar-refractivity contribution in [2.24, 2.45) is 0 Å². The second-order valence-corrected chi connectivity index (χ2v) is 9.06. The van der Waals surface area contributed by atoms with E-state index in [0.717, 1.165) is 47.0 Å². The molecule has 0 saturated heterocycles. The summed E-state index contributed by atoms with van der Waals surface area (Å²) >= 11 is 1.32. The standard InChI is InChI=1S/C24H22N4O4S/c1-31-24(30)25-17-10-7-15(8-11-17)21-27-28-22(32-21)20(29)23-26-18-12-9-16(13-19(18)33-23)14-5-3-2-4-6-14/h2-6,9,12-13,15,17H,7-8,10-11H2,1H3,(H,25,30). The van der Waals surface area contributed by atoms with Crippen molar-refractivity contribution in [3.8, 4) is 11.1 Å². The largest absolute Gasteiger partial charge is 0.453 e. The summed E-state index contributed by atoms with van der Waals surface area (Å²) in [6.07, 6.45) is 2.72. The van der Waals surface area contributed by atoms with Gasteiger partial charge in [0.15, 0.2) is 5.01 Å². The van der Waals surface area contributed by atoms with E-state index < -0.39 is 6.09 Å². The Balaban J connectivity index is 1.29. The first-order valence-corrected chi connectivity index (χ1v) is 11.6. The van der Waals surface area contributed by atoms with Gasteiger partial charge >= 0.3 is 6.09 Å². The predicted octanol–water partition coefficient (Wildman–Crippen LogP) is 4.96. The molecule has 4 aromatic rings. The highest BCUT2D eigenvalue weighted by Crippen LogP contribution is 2.33. The Labute approximate surface area is 194 Å². The third kappa shape index (κ3) is 4.49. The number of benzene rings is 2. The Morgan fingerprint density at radius 2 is 1.82 bits per heavy atom. The molecule has 0 bridgehead atoms. The van der Waals surface area contributed by atoms with Crippen molar-refractivity contribution in [2.75, 3.05) is 7.11 Å². The first-order valence-electron chi connectivity index (χ1n) is 10.8. The van der Waals surface area contributed by atoms with Gasteiger partial charge in [-0.25, -0.2) is 9.78 Å². The number of hydrogen-bond donors (Lipinski definition) is 1. The van der Waals surface area contributed by atoms with Gasteiger partial charge in [0.05, 0.1) is 17.3 Å². The van der Waals surface area contributed by atoms with Crippen LogP contribution in [-0.2, 0) is 4.74 Å². The molecule has 0 radical (unpaired) electrons. The number of aromatic nitrogens is 3. The van der Waals surface area contributed by atoms with Gasteiger partial charge in [0, 0.05) is 12.0 Å². The summed E-state index contributed by atoms with van der Waals surface area (Å²) in [6, 6.07) is 16.1. The summed E-state index contributed by atoms with van der Waals surface area (Å²) in [6.45, 7) is 0. The fraction of sp³-hybridized carbons (Fsp3) is 0.292. The Kier molecular flexibility index (Phi) is 5.87. The molecule has 0 atom stereocenters. The van der Waals surface area contributed by atoms with E-state index in [1.54, 1.807) is 0 Å². The van der Waals surface area contributed by atoms with Gasteiger partial charge in [0.1, 0.15) is 0 Å². The van der Waals surface area contributed by atoms with E-state index in [9.17, 15) is 9.59 Å². The number of carbonyl (C=O) groups is 2. The van der Waals surface area contributed by atoms with Gasteiger partial charge in [0.2, 0.25) is 5.89 Å². The summed E-state index contributed by atoms with van der Waals surface area (Å²) in [5, 5.41) is 11.3. The first-order chi connectivity index (χ1) is 16.1. The minimum absolute atomic E-state index is 0.0397. The molecule has 2 aromatic heterocycles. The molecule has 0 spiro atoms. The lowest BCUT2D eigenvalue weighted by atomic mass is 9.86. The molecule has 2 heterocycles. The minimum atomic E-state index is -0.421. The van der Waals surface area contributed by atoms with Gasteiger partial charge in [-0.2, -0.15) is 0 Å². The molecule has 1 N–H and O–H groups in total. The summed E-state index contributed by atoms with van der Waals surface area (Å²) in [4.78, 5) is 28.8. The number of ketones is 1. The lowest BCUT2D eigenvalue weighted by molar-refractivity contribution is 0.0999. The lowest BCUT2D eigenvalue weighted by Gasteiger charge is -2.26. The summed E-state index contributed by atoms with van der Waals surface area (Å²) in [5.74, 6) is 0.125. The highest BCUT2D eigenvalue weighted by molar-refractivity contribution is 7.20. The molecule has 1 amide bonds. The number of nitrogens with zero attached hydrogens (tertiary/aromatic N) is 3. The van der Waals surface area contributed by atoms with Crippen LogP contribution >= 0.6 is 11.3 Å². The molecule has 1 aliphatic rings. The maximum Gasteiger partial charge on any atom is 0.407 e. The predicted molar refractivity (Wildman–Crippen MR) is 123 cm³/mol. The summed E-state index contributed by atoms with van der Waals surface area (Å²) < 4.78 is 11.3. The monoisotopic (exact) mass is 462 g/mol. The highest BCUT2D eigenvalue weighted by atomic mass is 32.1. The van der Waals surface area contributed by atoms with E-state index in [1.165, 1.54) is 18.4 Å². The van der Waals surface area contributed by atoms with Crippen LogP contribution in [0.2, 0.25) is 0 Å². The van der Waals surface area contributed by atoms with E-state index in [1.807, 2.05) is 48.5 Å². The molecule has 5 rings (SSSR count). The molecule has 33 heavy (non-hydrogen) atoms. The minimum Gasteiger partial charge on any atom is -0.453 e. The Bertz CT molecular complexity index is 1290. The maximum atomic E-state index is 13.0. The summed E-state index contributed by atoms with van der Waals surface area (Å²) in [5.41, 5.74) is 2.95. The molecular formula is C24H22N4O4S. The topological polar surface area (TPSA) is 107 Å². The van der Waals surface area contributed by atoms with Crippen LogP contribution in [0.25, 0.3) is 21.3 Å². The number of thiazole rings is 1. The van der Waals surface area contributed by atoms with Crippen LogP contribution < -0.4 is 5.32 Å². The number of rotatable bonds is 5. The van der Waals surface area contributed by atoms with Crippen LogP contribution in [0.1, 0.15) is 53.2 Å². The highest BCUT2D eigenvalue weighted by Gasteiger charge is 2.29. The molecule has 168 valence electrons. The first kappa shape index (κ1) is 21.3. The van der Waals surface area contributed by atoms with Crippen LogP contribution in [0.3, 0.4) is 0 Å². The van der Waals surface area contributed by atoms with Gasteiger partial charge in [0.25, 0.3) is 11.7 Å². The second kappa shape index (κ2) is 9.11. The van der Waals surface area contributed by atoms with Crippen molar-refractivity contribution in [3.05, 3.63) is 65.3 Å². The van der Waals surface area contributed by atoms with Gasteiger partial charge < -0.3 is 14.5 Å². The van der Waals surface area contributed by atoms with Crippen molar-refractivity contribution in [1.29, 1.82) is 0 Å². The smallest absolute Gasteiger partial charge is 0.407 e. The normalized spacial score (nSPS) is 18.2. The van der Waals surface area contributed by atoms with Crippen molar-refractivity contribution < 1.29 is 18.7 Å². The molecule has 8 nitrogen and oxygen atoms in total. The van der Waals surface area contributed by atoms with Crippen molar-refractivity contribution in [1.82, 2.24) is 20.5 Å². The van der Waals surface area contributed by atoms with E-state index >= 15 is 0 Å². The average Bonchev–Trinajstić information content (AvgIpc) is 3.52. The molecule has 1 aliphatic carbocycles. The fourth-order valence-corrected chi connectivity index (χ4v) is 5.06. The number of carbonyl (C=O) groups excluding carboxylic acids is 2. The third-order valence-corrected chi connectivity index (χ3v) is 6.93. The van der Waals surface area contributed by atoms with Gasteiger partial charge in [-0.05, 0) is 48.9 Å². The number of hydrogen-bond acceptors (Lipinski definition) is 8. The van der Waals surface area contributed by atoms with E-state index in [-0.39, 0.29) is 23.6 Å². The second-order valence-electron chi connectivity index (χ2n) is 8.03. The Hall–Kier alpha value is -3.59. The third-order valence-electron chi connectivity index (χ3n) is 5.91. The number of methoxy groups -OCH3 is 1. The summed E-state index contributed by atoms with van der Waals surface area (Å²) in [7, 11) is 1.35. The molecule has 0 unspecified atom stereocenters. The zero-order valence-corrected chi connectivity index (χ0v) is 18.8. The number of fused-ring (bicyclic) bond motifs is 1. The number of amides is 1. The van der Waals surface area contributed by atoms with Gasteiger partial charge in [-0.1, -0.05) is 36.4 Å². The van der Waals surface area contributed by atoms with Crippen molar-refractivity contribution in [3.63, 3.8) is 0 Å². The Morgan fingerprint density at radius 1 is 1.03 bits per heavy atom. The van der Waals surface area contributed by atoms with Crippen LogP contribution in [0, 0.1) is 0 Å². The quantitative estimate of drug-likeness (QED) is 0.418. The number of ether oxygens (including phenoxy) is 1. The molecule has 1 fully saturated rings. The van der Waals surface area contributed by atoms with Crippen LogP contribution in [0.15, 0.2) is 52.9 Å². The zero-order chi connectivity index (χ0) is 22.8. The molecular weight excluding hydrogens is 440 g/mol. The van der Waals surface area contributed by atoms with E-state index in [4.69, 9.17) is 4.42 Å². The van der Waals surface area contributed by atoms with Crippen molar-refractivity contribution >= 4 is 33.4 Å². The van der Waals surface area contributed by atoms with Crippen LogP contribution in [0.4, 0.5) is 4.79 Å². The van der Waals surface area contributed by atoms with Crippen LogP contribution in [0.5, 0.6) is 0 Å². The number of nitrogens with one attached hydrogen (secondary N) is 1. The van der Waals surface area contributed by atoms with Crippen molar-refractivity contribution in [2.45, 2.75) is 37.6 Å². The lowest BCUT2D eigenvalue weighted by Crippen LogP contribution is -2.37. The number of alkyl carbamates (subject to hydrolysis) is 1. The average molecular weight is 463 g/mol. The molecule has 1 saturated carbocycles. The SMILES string of the molecule is COC(=O)NC1CCC(c2nnc(C(=O)c3nc4ccc(-c5ccccc5)cc4s3)o2)CC1. The zero-order valence-electron chi connectivity index (χ0n) is 18.0. The molecule has 9 heteroatoms. The fourth-order valence-electron chi connectivity index (χ4n) is 4.12. The van der Waals surface area contributed by atoms with Gasteiger partial charge in [-0.3, -0.25) is 4.79 Å². The van der Waals surface area contributed by atoms with E-state index in [2.05, 4.69) is 25.2 Å². The maximum absolute atomic E-state index is 13.0. The Morgan fingerprint density at radius 3 is 2.58 bits per heavy atom. The molecule has 0 aliphatic heterocycles. The van der Waals surface area contributed by atoms with Crippen LogP contribution in [-0.4, -0.2) is 40.2 Å². The van der Waals surface area contributed by atoms with E-state index in [0.29, 0.717) is 10.9 Å².